The molecule has 0 bridgehead atoms. The number of imidazole rings is 1. The number of anilines is 1. The molecule has 0 aliphatic rings. The van der Waals surface area contributed by atoms with Crippen LogP contribution in [-0.2, 0) is 20.0 Å². The van der Waals surface area contributed by atoms with Crippen LogP contribution in [-0.4, -0.2) is 31.4 Å². The lowest BCUT2D eigenvalue weighted by atomic mass is 10.3. The van der Waals surface area contributed by atoms with Crippen molar-refractivity contribution in [3.05, 3.63) is 30.1 Å². The third-order valence-electron chi connectivity index (χ3n) is 3.32. The average Bonchev–Trinajstić information content (AvgIpc) is 2.99. The van der Waals surface area contributed by atoms with E-state index in [4.69, 9.17) is 10.5 Å². The minimum atomic E-state index is 0.461. The molecule has 0 radical (unpaired) electrons. The standard InChI is InChI=1S/C13H16N6O/c1-18-9(5-7-15-18)6-8-19-12-10(16-13(19)14)3-4-11(17-12)20-2/h3-5,7H,6,8H2,1-2H3,(H2,14,16). The number of nitrogen functional groups attached to an aromatic ring is 1. The Balaban J connectivity index is 1.94. The van der Waals surface area contributed by atoms with Gasteiger partial charge in [0.25, 0.3) is 0 Å². The lowest BCUT2D eigenvalue weighted by Gasteiger charge is -2.06. The highest BCUT2D eigenvalue weighted by atomic mass is 16.5. The summed E-state index contributed by atoms with van der Waals surface area (Å²) in [6, 6.07) is 5.63. The van der Waals surface area contributed by atoms with Crippen LogP contribution in [0.4, 0.5) is 5.95 Å². The van der Waals surface area contributed by atoms with Crippen LogP contribution in [0.25, 0.3) is 11.2 Å². The number of pyridine rings is 1. The Morgan fingerprint density at radius 2 is 2.10 bits per heavy atom. The van der Waals surface area contributed by atoms with Crippen LogP contribution in [0.15, 0.2) is 24.4 Å². The average molecular weight is 272 g/mol. The molecule has 20 heavy (non-hydrogen) atoms. The smallest absolute Gasteiger partial charge is 0.215 e. The molecule has 3 heterocycles. The van der Waals surface area contributed by atoms with Gasteiger partial charge in [0.1, 0.15) is 5.52 Å². The van der Waals surface area contributed by atoms with E-state index >= 15 is 0 Å². The van der Waals surface area contributed by atoms with Crippen molar-refractivity contribution in [1.82, 2.24) is 24.3 Å². The number of fused-ring (bicyclic) bond motifs is 1. The molecule has 0 amide bonds. The first-order valence-electron chi connectivity index (χ1n) is 6.32. The summed E-state index contributed by atoms with van der Waals surface area (Å²) in [5.41, 5.74) is 8.62. The van der Waals surface area contributed by atoms with Gasteiger partial charge in [0.2, 0.25) is 11.8 Å². The molecule has 3 rings (SSSR count). The molecule has 0 saturated carbocycles. The second-order valence-electron chi connectivity index (χ2n) is 4.51. The predicted octanol–water partition coefficient (Wildman–Crippen LogP) is 0.998. The maximum Gasteiger partial charge on any atom is 0.215 e. The summed E-state index contributed by atoms with van der Waals surface area (Å²) < 4.78 is 8.89. The summed E-state index contributed by atoms with van der Waals surface area (Å²) in [5, 5.41) is 4.15. The summed E-state index contributed by atoms with van der Waals surface area (Å²) in [6.45, 7) is 0.696. The van der Waals surface area contributed by atoms with Crippen molar-refractivity contribution in [2.75, 3.05) is 12.8 Å². The molecule has 7 heteroatoms. The molecule has 0 spiro atoms. The fraction of sp³-hybridized carbons (Fsp3) is 0.308. The lowest BCUT2D eigenvalue weighted by molar-refractivity contribution is 0.399. The number of ether oxygens (including phenoxy) is 1. The van der Waals surface area contributed by atoms with Crippen LogP contribution < -0.4 is 10.5 Å². The zero-order valence-corrected chi connectivity index (χ0v) is 11.4. The summed E-state index contributed by atoms with van der Waals surface area (Å²) in [5.74, 6) is 1.02. The summed E-state index contributed by atoms with van der Waals surface area (Å²) in [7, 11) is 3.51. The van der Waals surface area contributed by atoms with Gasteiger partial charge in [0.15, 0.2) is 5.65 Å². The van der Waals surface area contributed by atoms with E-state index in [0.717, 1.165) is 23.3 Å². The minimum Gasteiger partial charge on any atom is -0.481 e. The van der Waals surface area contributed by atoms with E-state index < -0.39 is 0 Å². The predicted molar refractivity (Wildman–Crippen MR) is 75.4 cm³/mol. The van der Waals surface area contributed by atoms with Gasteiger partial charge in [-0.2, -0.15) is 10.1 Å². The van der Waals surface area contributed by atoms with Crippen molar-refractivity contribution >= 4 is 17.1 Å². The highest BCUT2D eigenvalue weighted by molar-refractivity contribution is 5.74. The molecule has 0 atom stereocenters. The van der Waals surface area contributed by atoms with E-state index in [1.165, 1.54) is 0 Å². The number of nitrogens with zero attached hydrogens (tertiary/aromatic N) is 5. The summed E-state index contributed by atoms with van der Waals surface area (Å²) in [4.78, 5) is 8.72. The second-order valence-corrected chi connectivity index (χ2v) is 4.51. The van der Waals surface area contributed by atoms with E-state index in [-0.39, 0.29) is 0 Å². The van der Waals surface area contributed by atoms with Gasteiger partial charge >= 0.3 is 0 Å². The monoisotopic (exact) mass is 272 g/mol. The molecule has 0 aliphatic carbocycles. The maximum absolute atomic E-state index is 5.97. The van der Waals surface area contributed by atoms with E-state index in [1.54, 1.807) is 19.4 Å². The van der Waals surface area contributed by atoms with Crippen molar-refractivity contribution in [3.63, 3.8) is 0 Å². The van der Waals surface area contributed by atoms with Gasteiger partial charge in [-0.15, -0.1) is 0 Å². The van der Waals surface area contributed by atoms with Crippen LogP contribution in [0.1, 0.15) is 5.69 Å². The summed E-state index contributed by atoms with van der Waals surface area (Å²) >= 11 is 0. The van der Waals surface area contributed by atoms with Gasteiger partial charge in [0.05, 0.1) is 7.11 Å². The first-order chi connectivity index (χ1) is 9.69. The number of aromatic nitrogens is 5. The number of rotatable bonds is 4. The molecule has 3 aromatic heterocycles. The van der Waals surface area contributed by atoms with Crippen molar-refractivity contribution < 1.29 is 4.74 Å². The SMILES string of the molecule is COc1ccc2nc(N)n(CCc3ccnn3C)c2n1. The molecular formula is C13H16N6O. The Labute approximate surface area is 116 Å². The van der Waals surface area contributed by atoms with Gasteiger partial charge < -0.3 is 10.5 Å². The van der Waals surface area contributed by atoms with Gasteiger partial charge in [-0.1, -0.05) is 0 Å². The van der Waals surface area contributed by atoms with Crippen molar-refractivity contribution in [3.8, 4) is 5.88 Å². The molecule has 0 fully saturated rings. The van der Waals surface area contributed by atoms with Gasteiger partial charge in [-0.05, 0) is 12.1 Å². The highest BCUT2D eigenvalue weighted by Crippen LogP contribution is 2.19. The molecule has 0 aliphatic heterocycles. The normalized spacial score (nSPS) is 11.1. The Hall–Kier alpha value is -2.57. The lowest BCUT2D eigenvalue weighted by Crippen LogP contribution is -2.09. The fourth-order valence-corrected chi connectivity index (χ4v) is 2.21. The molecule has 0 unspecified atom stereocenters. The first-order valence-corrected chi connectivity index (χ1v) is 6.32. The van der Waals surface area contributed by atoms with Crippen molar-refractivity contribution in [1.29, 1.82) is 0 Å². The van der Waals surface area contributed by atoms with Crippen LogP contribution in [0.3, 0.4) is 0 Å². The topological polar surface area (TPSA) is 83.8 Å². The fourth-order valence-electron chi connectivity index (χ4n) is 2.21. The molecule has 2 N–H and O–H groups in total. The number of hydrogen-bond acceptors (Lipinski definition) is 5. The first kappa shape index (κ1) is 12.5. The zero-order chi connectivity index (χ0) is 14.1. The van der Waals surface area contributed by atoms with Crippen molar-refractivity contribution in [2.45, 2.75) is 13.0 Å². The van der Waals surface area contributed by atoms with Gasteiger partial charge in [0, 0.05) is 38.0 Å². The molecule has 104 valence electrons. The highest BCUT2D eigenvalue weighted by Gasteiger charge is 2.11. The van der Waals surface area contributed by atoms with Crippen LogP contribution in [0.5, 0.6) is 5.88 Å². The molecular weight excluding hydrogens is 256 g/mol. The van der Waals surface area contributed by atoms with Crippen molar-refractivity contribution in [2.24, 2.45) is 7.05 Å². The number of methoxy groups -OCH3 is 1. The molecule has 0 aromatic carbocycles. The van der Waals surface area contributed by atoms with E-state index in [9.17, 15) is 0 Å². The summed E-state index contributed by atoms with van der Waals surface area (Å²) in [6.07, 6.45) is 2.59. The maximum atomic E-state index is 5.97. The largest absolute Gasteiger partial charge is 0.481 e. The zero-order valence-electron chi connectivity index (χ0n) is 11.4. The van der Waals surface area contributed by atoms with Gasteiger partial charge in [-0.25, -0.2) is 4.98 Å². The third-order valence-corrected chi connectivity index (χ3v) is 3.32. The van der Waals surface area contributed by atoms with E-state index in [1.807, 2.05) is 28.4 Å². The minimum absolute atomic E-state index is 0.461. The number of hydrogen-bond donors (Lipinski definition) is 1. The van der Waals surface area contributed by atoms with Crippen LogP contribution in [0, 0.1) is 0 Å². The quantitative estimate of drug-likeness (QED) is 0.766. The Morgan fingerprint density at radius 1 is 1.25 bits per heavy atom. The van der Waals surface area contributed by atoms with E-state index in [2.05, 4.69) is 15.1 Å². The Morgan fingerprint density at radius 3 is 2.80 bits per heavy atom. The molecule has 3 aromatic rings. The number of nitrogens with two attached hydrogens (primary N) is 1. The Bertz CT molecular complexity index is 744. The van der Waals surface area contributed by atoms with Crippen LogP contribution in [0.2, 0.25) is 0 Å². The van der Waals surface area contributed by atoms with Crippen LogP contribution >= 0.6 is 0 Å². The molecule has 0 saturated heterocycles. The number of aryl methyl sites for hydroxylation is 3. The third kappa shape index (κ3) is 2.07. The van der Waals surface area contributed by atoms with E-state index in [0.29, 0.717) is 18.4 Å². The second kappa shape index (κ2) is 4.84. The van der Waals surface area contributed by atoms with Gasteiger partial charge in [-0.3, -0.25) is 9.25 Å². The molecule has 7 nitrogen and oxygen atoms in total. The Kier molecular flexibility index (Phi) is 3.02.